The predicted molar refractivity (Wildman–Crippen MR) is 115 cm³/mol. The lowest BCUT2D eigenvalue weighted by molar-refractivity contribution is 0.0408. The summed E-state index contributed by atoms with van der Waals surface area (Å²) < 4.78 is 5.49. The molecule has 3 aliphatic rings. The quantitative estimate of drug-likeness (QED) is 0.823. The van der Waals surface area contributed by atoms with Crippen molar-refractivity contribution >= 4 is 6.09 Å². The van der Waals surface area contributed by atoms with Gasteiger partial charge >= 0.3 is 6.09 Å². The van der Waals surface area contributed by atoms with Crippen molar-refractivity contribution in [3.05, 3.63) is 35.9 Å². The Morgan fingerprint density at radius 1 is 0.931 bits per heavy atom. The van der Waals surface area contributed by atoms with Crippen LogP contribution in [0.5, 0.6) is 0 Å². The molecule has 0 aromatic heterocycles. The number of hydrogen-bond donors (Lipinski definition) is 1. The maximum atomic E-state index is 12.4. The van der Waals surface area contributed by atoms with E-state index in [2.05, 4.69) is 15.1 Å². The monoisotopic (exact) mass is 400 g/mol. The Balaban J connectivity index is 1.14. The molecule has 0 bridgehead atoms. The van der Waals surface area contributed by atoms with Crippen LogP contribution in [0.1, 0.15) is 31.2 Å². The molecule has 4 rings (SSSR count). The Morgan fingerprint density at radius 2 is 1.62 bits per heavy atom. The number of carbonyl (C=O) groups is 1. The van der Waals surface area contributed by atoms with Crippen molar-refractivity contribution in [2.45, 2.75) is 38.3 Å². The van der Waals surface area contributed by atoms with Gasteiger partial charge in [0.15, 0.2) is 0 Å². The zero-order chi connectivity index (χ0) is 19.9. The number of likely N-dealkylation sites (tertiary alicyclic amines) is 1. The molecule has 1 amide bonds. The molecule has 29 heavy (non-hydrogen) atoms. The van der Waals surface area contributed by atoms with Gasteiger partial charge in [-0.25, -0.2) is 4.79 Å². The Bertz CT molecular complexity index is 619. The second-order valence-corrected chi connectivity index (χ2v) is 8.79. The van der Waals surface area contributed by atoms with Crippen molar-refractivity contribution < 1.29 is 9.53 Å². The molecule has 0 aliphatic carbocycles. The number of hydrogen-bond acceptors (Lipinski definition) is 5. The van der Waals surface area contributed by atoms with E-state index >= 15 is 0 Å². The molecule has 3 saturated heterocycles. The van der Waals surface area contributed by atoms with Crippen molar-refractivity contribution in [2.24, 2.45) is 5.92 Å². The Labute approximate surface area is 175 Å². The molecule has 160 valence electrons. The molecule has 3 fully saturated rings. The summed E-state index contributed by atoms with van der Waals surface area (Å²) in [6.45, 7) is 10.00. The molecule has 0 atom stereocenters. The van der Waals surface area contributed by atoms with Crippen molar-refractivity contribution in [2.75, 3.05) is 58.9 Å². The second kappa shape index (κ2) is 10.4. The molecule has 1 aromatic rings. The van der Waals surface area contributed by atoms with Gasteiger partial charge in [0.1, 0.15) is 6.61 Å². The first-order valence-corrected chi connectivity index (χ1v) is 11.4. The molecule has 0 radical (unpaired) electrons. The number of nitrogens with zero attached hydrogens (tertiary/aromatic N) is 3. The minimum atomic E-state index is -0.176. The number of piperidine rings is 2. The molecular formula is C23H36N4O2. The van der Waals surface area contributed by atoms with Crippen LogP contribution in [0.2, 0.25) is 0 Å². The molecule has 0 saturated carbocycles. The highest BCUT2D eigenvalue weighted by atomic mass is 16.6. The van der Waals surface area contributed by atoms with Gasteiger partial charge in [0, 0.05) is 38.8 Å². The number of carbonyl (C=O) groups excluding carboxylic acids is 1. The first-order valence-electron chi connectivity index (χ1n) is 11.4. The first-order chi connectivity index (χ1) is 14.3. The van der Waals surface area contributed by atoms with Gasteiger partial charge in [-0.05, 0) is 63.3 Å². The normalized spacial score (nSPS) is 23.2. The van der Waals surface area contributed by atoms with E-state index in [1.807, 2.05) is 35.2 Å². The summed E-state index contributed by atoms with van der Waals surface area (Å²) in [7, 11) is 0. The molecule has 1 aromatic carbocycles. The van der Waals surface area contributed by atoms with E-state index in [0.717, 1.165) is 37.7 Å². The lowest BCUT2D eigenvalue weighted by Crippen LogP contribution is -2.54. The number of nitrogens with one attached hydrogen (secondary N) is 1. The van der Waals surface area contributed by atoms with Crippen LogP contribution in [0.3, 0.4) is 0 Å². The summed E-state index contributed by atoms with van der Waals surface area (Å²) in [6, 6.07) is 10.6. The summed E-state index contributed by atoms with van der Waals surface area (Å²) in [6.07, 6.45) is 5.03. The van der Waals surface area contributed by atoms with Crippen LogP contribution in [0.4, 0.5) is 4.79 Å². The zero-order valence-electron chi connectivity index (χ0n) is 17.6. The topological polar surface area (TPSA) is 48.1 Å². The Hall–Kier alpha value is -1.63. The smallest absolute Gasteiger partial charge is 0.410 e. The number of rotatable bonds is 5. The first kappa shape index (κ1) is 20.6. The molecule has 0 spiro atoms. The van der Waals surface area contributed by atoms with Crippen molar-refractivity contribution in [3.8, 4) is 0 Å². The minimum Gasteiger partial charge on any atom is -0.445 e. The van der Waals surface area contributed by atoms with Crippen molar-refractivity contribution in [1.82, 2.24) is 20.0 Å². The maximum Gasteiger partial charge on any atom is 0.410 e. The molecule has 1 N–H and O–H groups in total. The summed E-state index contributed by atoms with van der Waals surface area (Å²) in [5, 5.41) is 3.47. The average Bonchev–Trinajstić information content (AvgIpc) is 2.79. The summed E-state index contributed by atoms with van der Waals surface area (Å²) >= 11 is 0. The van der Waals surface area contributed by atoms with E-state index in [0.29, 0.717) is 12.6 Å². The van der Waals surface area contributed by atoms with E-state index < -0.39 is 0 Å². The van der Waals surface area contributed by atoms with Crippen LogP contribution >= 0.6 is 0 Å². The molecule has 0 unspecified atom stereocenters. The maximum absolute atomic E-state index is 12.4. The summed E-state index contributed by atoms with van der Waals surface area (Å²) in [5.41, 5.74) is 1.04. The fourth-order valence-corrected chi connectivity index (χ4v) is 4.98. The number of amides is 1. The molecule has 6 heteroatoms. The van der Waals surface area contributed by atoms with E-state index in [4.69, 9.17) is 4.74 Å². The molecular weight excluding hydrogens is 364 g/mol. The standard InChI is InChI=1S/C23H36N4O2/c28-23(29-19-21-4-2-1-3-5-21)27-16-14-26(15-17-27)22-8-12-25(13-9-22)18-20-6-10-24-11-7-20/h1-5,20,22,24H,6-19H2. The highest BCUT2D eigenvalue weighted by Crippen LogP contribution is 2.21. The largest absolute Gasteiger partial charge is 0.445 e. The van der Waals surface area contributed by atoms with Crippen LogP contribution in [0.25, 0.3) is 0 Å². The van der Waals surface area contributed by atoms with Gasteiger partial charge in [0.05, 0.1) is 0 Å². The summed E-state index contributed by atoms with van der Waals surface area (Å²) in [5.74, 6) is 0.887. The van der Waals surface area contributed by atoms with Crippen LogP contribution < -0.4 is 5.32 Å². The van der Waals surface area contributed by atoms with Gasteiger partial charge in [-0.1, -0.05) is 30.3 Å². The molecule has 3 heterocycles. The fraction of sp³-hybridized carbons (Fsp3) is 0.696. The molecule has 6 nitrogen and oxygen atoms in total. The molecule has 3 aliphatic heterocycles. The Kier molecular flexibility index (Phi) is 7.41. The number of benzene rings is 1. The highest BCUT2D eigenvalue weighted by Gasteiger charge is 2.30. The van der Waals surface area contributed by atoms with Crippen LogP contribution in [0.15, 0.2) is 30.3 Å². The van der Waals surface area contributed by atoms with Crippen molar-refractivity contribution in [1.29, 1.82) is 0 Å². The van der Waals surface area contributed by atoms with Gasteiger partial charge in [-0.3, -0.25) is 4.90 Å². The van der Waals surface area contributed by atoms with Crippen LogP contribution in [-0.4, -0.2) is 85.7 Å². The zero-order valence-corrected chi connectivity index (χ0v) is 17.6. The van der Waals surface area contributed by atoms with Gasteiger partial charge in [0.25, 0.3) is 0 Å². The van der Waals surface area contributed by atoms with E-state index in [-0.39, 0.29) is 6.09 Å². The van der Waals surface area contributed by atoms with Crippen LogP contribution in [-0.2, 0) is 11.3 Å². The predicted octanol–water partition coefficient (Wildman–Crippen LogP) is 2.40. The van der Waals surface area contributed by atoms with Gasteiger partial charge in [0.2, 0.25) is 0 Å². The number of piperazine rings is 1. The average molecular weight is 401 g/mol. The lowest BCUT2D eigenvalue weighted by Gasteiger charge is -2.43. The van der Waals surface area contributed by atoms with Gasteiger partial charge in [-0.2, -0.15) is 0 Å². The SMILES string of the molecule is O=C(OCc1ccccc1)N1CCN(C2CCN(CC3CCNCC3)CC2)CC1. The Morgan fingerprint density at radius 3 is 2.31 bits per heavy atom. The van der Waals surface area contributed by atoms with E-state index in [9.17, 15) is 4.79 Å². The van der Waals surface area contributed by atoms with Crippen molar-refractivity contribution in [3.63, 3.8) is 0 Å². The van der Waals surface area contributed by atoms with E-state index in [1.165, 1.54) is 58.4 Å². The van der Waals surface area contributed by atoms with Gasteiger partial charge < -0.3 is 19.9 Å². The third kappa shape index (κ3) is 5.93. The third-order valence-corrected chi connectivity index (χ3v) is 6.83. The van der Waals surface area contributed by atoms with Gasteiger partial charge in [-0.15, -0.1) is 0 Å². The highest BCUT2D eigenvalue weighted by molar-refractivity contribution is 5.67. The lowest BCUT2D eigenvalue weighted by atomic mass is 9.95. The van der Waals surface area contributed by atoms with Crippen LogP contribution in [0, 0.1) is 5.92 Å². The third-order valence-electron chi connectivity index (χ3n) is 6.83. The minimum absolute atomic E-state index is 0.176. The second-order valence-electron chi connectivity index (χ2n) is 8.79. The van der Waals surface area contributed by atoms with E-state index in [1.54, 1.807) is 0 Å². The fourth-order valence-electron chi connectivity index (χ4n) is 4.98. The number of ether oxygens (including phenoxy) is 1. The summed E-state index contributed by atoms with van der Waals surface area (Å²) in [4.78, 5) is 19.5.